The Labute approximate surface area is 170 Å². The Morgan fingerprint density at radius 1 is 1.14 bits per heavy atom. The number of rotatable bonds is 2. The number of hydrogen-bond acceptors (Lipinski definition) is 5. The second kappa shape index (κ2) is 7.83. The zero-order chi connectivity index (χ0) is 21.2. The third kappa shape index (κ3) is 4.16. The summed E-state index contributed by atoms with van der Waals surface area (Å²) in [5, 5.41) is 35.0. The smallest absolute Gasteiger partial charge is 0.209 e. The van der Waals surface area contributed by atoms with Crippen molar-refractivity contribution in [1.29, 1.82) is 10.5 Å². The Kier molecular flexibility index (Phi) is 5.45. The topological polar surface area (TPSA) is 113 Å². The van der Waals surface area contributed by atoms with E-state index in [1.165, 1.54) is 0 Å². The predicted molar refractivity (Wildman–Crippen MR) is 110 cm³/mol. The van der Waals surface area contributed by atoms with Gasteiger partial charge in [-0.3, -0.25) is 5.32 Å². The number of guanidine groups is 1. The lowest BCUT2D eigenvalue weighted by atomic mass is 9.86. The zero-order valence-corrected chi connectivity index (χ0v) is 16.8. The first-order valence-electron chi connectivity index (χ1n) is 9.23. The van der Waals surface area contributed by atoms with Gasteiger partial charge in [0.2, 0.25) is 5.96 Å². The highest BCUT2D eigenvalue weighted by atomic mass is 16.5. The molecule has 0 unspecified atom stereocenters. The molecule has 0 aliphatic carbocycles. The van der Waals surface area contributed by atoms with Gasteiger partial charge in [-0.2, -0.15) is 10.5 Å². The SMILES string of the molecule is Cc1ccc(NC(=N[C@@H]2c3cc(C#N)ccc3OC(C)(C)[C@H]2O)NC#N)cc1C. The minimum absolute atomic E-state index is 0.200. The predicted octanol–water partition coefficient (Wildman–Crippen LogP) is 3.29. The minimum atomic E-state index is -0.985. The number of nitriles is 2. The molecule has 1 heterocycles. The first-order valence-corrected chi connectivity index (χ1v) is 9.23. The second-order valence-electron chi connectivity index (χ2n) is 7.60. The number of benzene rings is 2. The lowest BCUT2D eigenvalue weighted by molar-refractivity contribution is -0.0567. The summed E-state index contributed by atoms with van der Waals surface area (Å²) >= 11 is 0. The number of aliphatic hydroxyl groups is 1. The van der Waals surface area contributed by atoms with Crippen LogP contribution in [0.3, 0.4) is 0 Å². The number of aliphatic hydroxyl groups excluding tert-OH is 1. The molecule has 29 heavy (non-hydrogen) atoms. The molecule has 2 atom stereocenters. The molecule has 1 aliphatic rings. The van der Waals surface area contributed by atoms with E-state index in [9.17, 15) is 15.6 Å². The summed E-state index contributed by atoms with van der Waals surface area (Å²) in [4.78, 5) is 4.60. The van der Waals surface area contributed by atoms with Crippen molar-refractivity contribution in [3.8, 4) is 18.0 Å². The summed E-state index contributed by atoms with van der Waals surface area (Å²) in [5.74, 6) is 0.751. The van der Waals surface area contributed by atoms with E-state index in [2.05, 4.69) is 21.7 Å². The van der Waals surface area contributed by atoms with Gasteiger partial charge < -0.3 is 15.2 Å². The van der Waals surface area contributed by atoms with Gasteiger partial charge in [0.05, 0.1) is 11.6 Å². The average Bonchev–Trinajstić information content (AvgIpc) is 2.68. The van der Waals surface area contributed by atoms with Gasteiger partial charge >= 0.3 is 0 Å². The van der Waals surface area contributed by atoms with E-state index in [0.717, 1.165) is 16.8 Å². The van der Waals surface area contributed by atoms with Crippen molar-refractivity contribution in [2.45, 2.75) is 45.4 Å². The van der Waals surface area contributed by atoms with Gasteiger partial charge in [-0.05, 0) is 69.2 Å². The normalized spacial score (nSPS) is 19.9. The second-order valence-corrected chi connectivity index (χ2v) is 7.60. The van der Waals surface area contributed by atoms with E-state index in [1.807, 2.05) is 38.2 Å². The van der Waals surface area contributed by atoms with Crippen molar-refractivity contribution in [3.05, 3.63) is 58.7 Å². The van der Waals surface area contributed by atoms with Crippen molar-refractivity contribution in [3.63, 3.8) is 0 Å². The Morgan fingerprint density at radius 2 is 1.90 bits per heavy atom. The molecule has 2 aromatic rings. The zero-order valence-electron chi connectivity index (χ0n) is 16.8. The maximum absolute atomic E-state index is 10.9. The largest absolute Gasteiger partial charge is 0.485 e. The summed E-state index contributed by atoms with van der Waals surface area (Å²) in [6.45, 7) is 7.57. The summed E-state index contributed by atoms with van der Waals surface area (Å²) in [6.07, 6.45) is 0.892. The number of hydrogen-bond donors (Lipinski definition) is 3. The Morgan fingerprint density at radius 3 is 2.55 bits per heavy atom. The Hall–Kier alpha value is -3.55. The van der Waals surface area contributed by atoms with Gasteiger partial charge in [-0.25, -0.2) is 4.99 Å². The van der Waals surface area contributed by atoms with Crippen LogP contribution in [0.4, 0.5) is 5.69 Å². The molecule has 0 aromatic heterocycles. The minimum Gasteiger partial charge on any atom is -0.485 e. The number of aryl methyl sites for hydroxylation is 2. The molecule has 3 rings (SSSR count). The van der Waals surface area contributed by atoms with E-state index < -0.39 is 17.7 Å². The molecular formula is C22H23N5O2. The number of ether oxygens (including phenoxy) is 1. The molecule has 7 nitrogen and oxygen atoms in total. The Balaban J connectivity index is 2.05. The fraction of sp³-hybridized carbons (Fsp3) is 0.318. The first kappa shape index (κ1) is 20.2. The molecule has 1 aliphatic heterocycles. The van der Waals surface area contributed by atoms with Crippen LogP contribution in [0.1, 0.15) is 42.1 Å². The van der Waals surface area contributed by atoms with Gasteiger partial charge in [0.25, 0.3) is 0 Å². The van der Waals surface area contributed by atoms with Crippen LogP contribution in [0.2, 0.25) is 0 Å². The molecule has 3 N–H and O–H groups in total. The number of nitrogens with zero attached hydrogens (tertiary/aromatic N) is 3. The van der Waals surface area contributed by atoms with Gasteiger partial charge in [0.1, 0.15) is 23.5 Å². The molecule has 0 saturated heterocycles. The fourth-order valence-electron chi connectivity index (χ4n) is 3.22. The highest BCUT2D eigenvalue weighted by molar-refractivity contribution is 5.94. The molecule has 0 fully saturated rings. The van der Waals surface area contributed by atoms with Crippen molar-refractivity contribution >= 4 is 11.6 Å². The van der Waals surface area contributed by atoms with E-state index >= 15 is 0 Å². The summed E-state index contributed by atoms with van der Waals surface area (Å²) < 4.78 is 5.92. The maximum atomic E-state index is 10.9. The van der Waals surface area contributed by atoms with Gasteiger partial charge in [0.15, 0.2) is 6.19 Å². The number of aliphatic imine (C=N–C) groups is 1. The van der Waals surface area contributed by atoms with E-state index in [-0.39, 0.29) is 5.96 Å². The highest BCUT2D eigenvalue weighted by Crippen LogP contribution is 2.42. The van der Waals surface area contributed by atoms with Crippen LogP contribution in [0.15, 0.2) is 41.4 Å². The third-order valence-corrected chi connectivity index (χ3v) is 5.05. The first-order chi connectivity index (χ1) is 13.7. The van der Waals surface area contributed by atoms with Crippen LogP contribution in [-0.2, 0) is 0 Å². The number of anilines is 1. The van der Waals surface area contributed by atoms with Crippen LogP contribution in [0.25, 0.3) is 0 Å². The highest BCUT2D eigenvalue weighted by Gasteiger charge is 2.43. The maximum Gasteiger partial charge on any atom is 0.209 e. The molecule has 148 valence electrons. The van der Waals surface area contributed by atoms with Crippen molar-refractivity contribution in [1.82, 2.24) is 5.32 Å². The lowest BCUT2D eigenvalue weighted by Crippen LogP contribution is -2.49. The molecule has 0 bridgehead atoms. The standard InChI is InChI=1S/C22H23N5O2/c1-13-5-7-16(9-14(13)2)26-21(25-12-24)27-19-17-10-15(11-23)6-8-18(17)29-22(3,4)20(19)28/h5-10,19-20,28H,1-4H3,(H2,25,26,27)/t19-,20+/m1/s1. The summed E-state index contributed by atoms with van der Waals surface area (Å²) in [6, 6.07) is 12.2. The Bertz CT molecular complexity index is 1050. The quantitative estimate of drug-likeness (QED) is 0.314. The van der Waals surface area contributed by atoms with E-state index in [1.54, 1.807) is 32.0 Å². The van der Waals surface area contributed by atoms with Crippen molar-refractivity contribution in [2.24, 2.45) is 4.99 Å². The van der Waals surface area contributed by atoms with Crippen LogP contribution in [-0.4, -0.2) is 22.8 Å². The van der Waals surface area contributed by atoms with Crippen LogP contribution in [0.5, 0.6) is 5.75 Å². The van der Waals surface area contributed by atoms with Gasteiger partial charge in [0, 0.05) is 11.3 Å². The van der Waals surface area contributed by atoms with E-state index in [0.29, 0.717) is 16.9 Å². The molecule has 0 saturated carbocycles. The van der Waals surface area contributed by atoms with Crippen LogP contribution >= 0.6 is 0 Å². The third-order valence-electron chi connectivity index (χ3n) is 5.05. The summed E-state index contributed by atoms with van der Waals surface area (Å²) in [7, 11) is 0. The van der Waals surface area contributed by atoms with Gasteiger partial charge in [-0.1, -0.05) is 6.07 Å². The van der Waals surface area contributed by atoms with E-state index in [4.69, 9.17) is 4.74 Å². The molecule has 0 amide bonds. The van der Waals surface area contributed by atoms with Crippen molar-refractivity contribution < 1.29 is 9.84 Å². The van der Waals surface area contributed by atoms with Crippen LogP contribution < -0.4 is 15.4 Å². The number of fused-ring (bicyclic) bond motifs is 1. The molecule has 7 heteroatoms. The fourth-order valence-corrected chi connectivity index (χ4v) is 3.22. The number of nitrogens with one attached hydrogen (secondary N) is 2. The summed E-state index contributed by atoms with van der Waals surface area (Å²) in [5.41, 5.74) is 3.16. The molecule has 2 aromatic carbocycles. The van der Waals surface area contributed by atoms with Crippen LogP contribution in [0, 0.1) is 36.6 Å². The lowest BCUT2D eigenvalue weighted by Gasteiger charge is -2.40. The monoisotopic (exact) mass is 389 g/mol. The van der Waals surface area contributed by atoms with Gasteiger partial charge in [-0.15, -0.1) is 0 Å². The molecular weight excluding hydrogens is 366 g/mol. The molecule has 0 radical (unpaired) electrons. The molecule has 0 spiro atoms. The van der Waals surface area contributed by atoms with Crippen molar-refractivity contribution in [2.75, 3.05) is 5.32 Å². The average molecular weight is 389 g/mol.